The van der Waals surface area contributed by atoms with E-state index >= 15 is 0 Å². The SMILES string of the molecule is Fc1ccc(OCC2CCN(c3nc4ccccc4s3)C2)nc1. The Morgan fingerprint density at radius 2 is 2.17 bits per heavy atom. The molecule has 1 aliphatic rings. The van der Waals surface area contributed by atoms with Crippen molar-refractivity contribution >= 4 is 26.7 Å². The number of hydrogen-bond acceptors (Lipinski definition) is 5. The molecule has 0 aliphatic carbocycles. The fourth-order valence-electron chi connectivity index (χ4n) is 2.79. The molecule has 4 rings (SSSR count). The summed E-state index contributed by atoms with van der Waals surface area (Å²) >= 11 is 1.73. The van der Waals surface area contributed by atoms with E-state index in [1.165, 1.54) is 17.0 Å². The Hall–Kier alpha value is -2.21. The lowest BCUT2D eigenvalue weighted by molar-refractivity contribution is 0.251. The predicted octanol–water partition coefficient (Wildman–Crippen LogP) is 3.74. The molecule has 1 atom stereocenters. The topological polar surface area (TPSA) is 38.2 Å². The summed E-state index contributed by atoms with van der Waals surface area (Å²) in [7, 11) is 0. The Balaban J connectivity index is 1.38. The average molecular weight is 329 g/mol. The molecule has 23 heavy (non-hydrogen) atoms. The minimum Gasteiger partial charge on any atom is -0.477 e. The molecular weight excluding hydrogens is 313 g/mol. The van der Waals surface area contributed by atoms with E-state index in [9.17, 15) is 4.39 Å². The van der Waals surface area contributed by atoms with Gasteiger partial charge >= 0.3 is 0 Å². The number of rotatable bonds is 4. The summed E-state index contributed by atoms with van der Waals surface area (Å²) in [6.45, 7) is 2.52. The molecule has 1 unspecified atom stereocenters. The average Bonchev–Trinajstić information content (AvgIpc) is 3.21. The number of nitrogens with zero attached hydrogens (tertiary/aromatic N) is 3. The molecule has 6 heteroatoms. The van der Waals surface area contributed by atoms with Gasteiger partial charge in [0.05, 0.1) is 23.0 Å². The third-order valence-electron chi connectivity index (χ3n) is 4.01. The van der Waals surface area contributed by atoms with E-state index < -0.39 is 0 Å². The van der Waals surface area contributed by atoms with Gasteiger partial charge in [0.15, 0.2) is 5.13 Å². The fourth-order valence-corrected chi connectivity index (χ4v) is 3.79. The summed E-state index contributed by atoms with van der Waals surface area (Å²) in [6, 6.07) is 11.1. The van der Waals surface area contributed by atoms with Crippen molar-refractivity contribution < 1.29 is 9.13 Å². The minimum absolute atomic E-state index is 0.347. The van der Waals surface area contributed by atoms with E-state index in [0.29, 0.717) is 18.4 Å². The van der Waals surface area contributed by atoms with Crippen LogP contribution in [0.2, 0.25) is 0 Å². The summed E-state index contributed by atoms with van der Waals surface area (Å²) < 4.78 is 19.7. The van der Waals surface area contributed by atoms with Crippen molar-refractivity contribution in [2.24, 2.45) is 5.92 Å². The van der Waals surface area contributed by atoms with Crippen LogP contribution < -0.4 is 9.64 Å². The monoisotopic (exact) mass is 329 g/mol. The molecule has 0 bridgehead atoms. The Morgan fingerprint density at radius 1 is 1.26 bits per heavy atom. The summed E-state index contributed by atoms with van der Waals surface area (Å²) in [5.74, 6) is 0.568. The van der Waals surface area contributed by atoms with Crippen LogP contribution in [0.5, 0.6) is 5.88 Å². The van der Waals surface area contributed by atoms with Crippen LogP contribution in [0.3, 0.4) is 0 Å². The first-order valence-electron chi connectivity index (χ1n) is 7.63. The van der Waals surface area contributed by atoms with Gasteiger partial charge in [-0.05, 0) is 24.6 Å². The highest BCUT2D eigenvalue weighted by molar-refractivity contribution is 7.22. The Labute approximate surface area is 137 Å². The number of pyridine rings is 1. The lowest BCUT2D eigenvalue weighted by atomic mass is 10.1. The first kappa shape index (κ1) is 14.4. The van der Waals surface area contributed by atoms with Gasteiger partial charge < -0.3 is 9.64 Å². The van der Waals surface area contributed by atoms with Crippen LogP contribution >= 0.6 is 11.3 Å². The van der Waals surface area contributed by atoms with Gasteiger partial charge in [-0.25, -0.2) is 14.4 Å². The van der Waals surface area contributed by atoms with Crippen LogP contribution in [0.25, 0.3) is 10.2 Å². The summed E-state index contributed by atoms with van der Waals surface area (Å²) in [6.07, 6.45) is 2.24. The maximum absolute atomic E-state index is 12.8. The number of para-hydroxylation sites is 1. The van der Waals surface area contributed by atoms with Crippen molar-refractivity contribution in [3.05, 3.63) is 48.4 Å². The van der Waals surface area contributed by atoms with Gasteiger partial charge in [-0.2, -0.15) is 0 Å². The van der Waals surface area contributed by atoms with Crippen LogP contribution in [-0.2, 0) is 0 Å². The second kappa shape index (κ2) is 6.12. The summed E-state index contributed by atoms with van der Waals surface area (Å²) in [5, 5.41) is 1.08. The molecule has 0 amide bonds. The molecule has 0 N–H and O–H groups in total. The van der Waals surface area contributed by atoms with Crippen LogP contribution in [0.15, 0.2) is 42.6 Å². The second-order valence-corrected chi connectivity index (χ2v) is 6.70. The van der Waals surface area contributed by atoms with Gasteiger partial charge in [0.25, 0.3) is 0 Å². The minimum atomic E-state index is -0.347. The zero-order chi connectivity index (χ0) is 15.6. The molecule has 1 aliphatic heterocycles. The Morgan fingerprint density at radius 3 is 3.00 bits per heavy atom. The molecule has 4 nitrogen and oxygen atoms in total. The molecule has 2 aromatic heterocycles. The van der Waals surface area contributed by atoms with Crippen LogP contribution in [0, 0.1) is 11.7 Å². The number of hydrogen-bond donors (Lipinski definition) is 0. The van der Waals surface area contributed by atoms with Gasteiger partial charge in [-0.3, -0.25) is 0 Å². The highest BCUT2D eigenvalue weighted by Gasteiger charge is 2.25. The standard InChI is InChI=1S/C17H16FN3OS/c18-13-5-6-16(19-9-13)22-11-12-7-8-21(10-12)17-20-14-3-1-2-4-15(14)23-17/h1-6,9,12H,7-8,10-11H2. The highest BCUT2D eigenvalue weighted by Crippen LogP contribution is 2.32. The molecule has 1 saturated heterocycles. The molecule has 3 aromatic rings. The quantitative estimate of drug-likeness (QED) is 0.731. The summed E-state index contributed by atoms with van der Waals surface area (Å²) in [5.41, 5.74) is 1.06. The van der Waals surface area contributed by atoms with Crippen molar-refractivity contribution in [1.82, 2.24) is 9.97 Å². The highest BCUT2D eigenvalue weighted by atomic mass is 32.1. The smallest absolute Gasteiger partial charge is 0.213 e. The van der Waals surface area contributed by atoms with Gasteiger partial charge in [0.1, 0.15) is 5.82 Å². The van der Waals surface area contributed by atoms with Gasteiger partial charge in [0, 0.05) is 25.1 Å². The molecular formula is C17H16FN3OS. The van der Waals surface area contributed by atoms with E-state index in [-0.39, 0.29) is 5.82 Å². The molecule has 0 saturated carbocycles. The first-order valence-corrected chi connectivity index (χ1v) is 8.44. The number of fused-ring (bicyclic) bond motifs is 1. The number of benzene rings is 1. The summed E-state index contributed by atoms with van der Waals surface area (Å²) in [4.78, 5) is 10.9. The van der Waals surface area contributed by atoms with Crippen LogP contribution in [0.1, 0.15) is 6.42 Å². The maximum Gasteiger partial charge on any atom is 0.213 e. The second-order valence-electron chi connectivity index (χ2n) is 5.69. The molecule has 0 radical (unpaired) electrons. The van der Waals surface area contributed by atoms with Crippen molar-refractivity contribution in [3.8, 4) is 5.88 Å². The van der Waals surface area contributed by atoms with Crippen LogP contribution in [0.4, 0.5) is 9.52 Å². The van der Waals surface area contributed by atoms with Crippen molar-refractivity contribution in [1.29, 1.82) is 0 Å². The van der Waals surface area contributed by atoms with E-state index in [4.69, 9.17) is 9.72 Å². The maximum atomic E-state index is 12.8. The van der Waals surface area contributed by atoms with Gasteiger partial charge in [-0.1, -0.05) is 23.5 Å². The Bertz CT molecular complexity index is 772. The van der Waals surface area contributed by atoms with Crippen molar-refractivity contribution in [2.75, 3.05) is 24.6 Å². The number of ether oxygens (including phenoxy) is 1. The fraction of sp³-hybridized carbons (Fsp3) is 0.294. The number of anilines is 1. The molecule has 118 valence electrons. The molecule has 1 fully saturated rings. The van der Waals surface area contributed by atoms with Crippen molar-refractivity contribution in [2.45, 2.75) is 6.42 Å². The number of thiazole rings is 1. The van der Waals surface area contributed by atoms with E-state index in [1.807, 2.05) is 18.2 Å². The Kier molecular flexibility index (Phi) is 3.83. The largest absolute Gasteiger partial charge is 0.477 e. The van der Waals surface area contributed by atoms with E-state index in [2.05, 4.69) is 16.0 Å². The lowest BCUT2D eigenvalue weighted by Crippen LogP contribution is -2.21. The molecule has 0 spiro atoms. The zero-order valence-corrected chi connectivity index (χ0v) is 13.3. The molecule has 3 heterocycles. The first-order chi connectivity index (χ1) is 11.3. The zero-order valence-electron chi connectivity index (χ0n) is 12.5. The van der Waals surface area contributed by atoms with Crippen molar-refractivity contribution in [3.63, 3.8) is 0 Å². The number of halogens is 1. The van der Waals surface area contributed by atoms with Gasteiger partial charge in [0.2, 0.25) is 5.88 Å². The third-order valence-corrected chi connectivity index (χ3v) is 5.10. The van der Waals surface area contributed by atoms with E-state index in [1.54, 1.807) is 17.4 Å². The van der Waals surface area contributed by atoms with Crippen LogP contribution in [-0.4, -0.2) is 29.7 Å². The number of aromatic nitrogens is 2. The predicted molar refractivity (Wildman–Crippen MR) is 89.6 cm³/mol. The van der Waals surface area contributed by atoms with Gasteiger partial charge in [-0.15, -0.1) is 0 Å². The normalized spacial score (nSPS) is 17.8. The van der Waals surface area contributed by atoms with E-state index in [0.717, 1.165) is 30.2 Å². The molecule has 1 aromatic carbocycles. The third kappa shape index (κ3) is 3.12. The lowest BCUT2D eigenvalue weighted by Gasteiger charge is -2.15.